The van der Waals surface area contributed by atoms with Gasteiger partial charge in [0.05, 0.1) is 6.42 Å². The summed E-state index contributed by atoms with van der Waals surface area (Å²) in [6.07, 6.45) is 0.370. The minimum absolute atomic E-state index is 0.0479. The molecule has 1 aromatic heterocycles. The Morgan fingerprint density at radius 1 is 1.40 bits per heavy atom. The van der Waals surface area contributed by atoms with Crippen LogP contribution >= 0.6 is 11.3 Å². The Hall–Kier alpha value is -2.09. The summed E-state index contributed by atoms with van der Waals surface area (Å²) in [5, 5.41) is 15.5. The molecule has 3 nitrogen and oxygen atoms in total. The van der Waals surface area contributed by atoms with E-state index in [1.807, 2.05) is 41.9 Å². The third-order valence-corrected chi connectivity index (χ3v) is 3.50. The van der Waals surface area contributed by atoms with E-state index in [0.29, 0.717) is 6.42 Å². The van der Waals surface area contributed by atoms with Crippen LogP contribution in [0.15, 0.2) is 35.0 Å². The Labute approximate surface area is 122 Å². The summed E-state index contributed by atoms with van der Waals surface area (Å²) >= 11 is 1.58. The van der Waals surface area contributed by atoms with Crippen LogP contribution in [0.25, 0.3) is 0 Å². The molecule has 1 heterocycles. The molecule has 0 spiro atoms. The molecule has 4 heteroatoms. The fraction of sp³-hybridized carbons (Fsp3) is 0.188. The maximum absolute atomic E-state index is 11.9. The van der Waals surface area contributed by atoms with Crippen molar-refractivity contribution in [1.29, 1.82) is 0 Å². The van der Waals surface area contributed by atoms with Gasteiger partial charge in [0.25, 0.3) is 0 Å². The molecule has 2 N–H and O–H groups in total. The Balaban J connectivity index is 2.07. The van der Waals surface area contributed by atoms with Crippen LogP contribution in [-0.4, -0.2) is 17.6 Å². The lowest BCUT2D eigenvalue weighted by molar-refractivity contribution is -0.115. The van der Waals surface area contributed by atoms with Crippen LogP contribution in [0.2, 0.25) is 0 Å². The van der Waals surface area contributed by atoms with Gasteiger partial charge in [0.15, 0.2) is 0 Å². The Kier molecular flexibility index (Phi) is 4.94. The van der Waals surface area contributed by atoms with Crippen LogP contribution in [0.4, 0.5) is 5.69 Å². The highest BCUT2D eigenvalue weighted by Crippen LogP contribution is 2.15. The van der Waals surface area contributed by atoms with Crippen LogP contribution < -0.4 is 5.32 Å². The summed E-state index contributed by atoms with van der Waals surface area (Å²) in [5.41, 5.74) is 3.56. The summed E-state index contributed by atoms with van der Waals surface area (Å²) < 4.78 is 0. The monoisotopic (exact) mass is 285 g/mol. The van der Waals surface area contributed by atoms with Gasteiger partial charge in [0.1, 0.15) is 6.61 Å². The standard InChI is InChI=1S/C16H15NO2S/c1-12-4-5-15(10-14(12)3-2-7-18)17-16(19)9-13-6-8-20-11-13/h4-6,8,10-11,18H,7,9H2,1H3,(H,17,19). The first-order chi connectivity index (χ1) is 9.69. The first-order valence-electron chi connectivity index (χ1n) is 6.20. The third-order valence-electron chi connectivity index (χ3n) is 2.77. The second-order valence-corrected chi connectivity index (χ2v) is 5.13. The lowest BCUT2D eigenvalue weighted by atomic mass is 10.1. The summed E-state index contributed by atoms with van der Waals surface area (Å²) in [5.74, 6) is 5.44. The molecule has 0 atom stereocenters. The summed E-state index contributed by atoms with van der Waals surface area (Å²) in [7, 11) is 0. The van der Waals surface area contributed by atoms with Crippen LogP contribution in [0.3, 0.4) is 0 Å². The van der Waals surface area contributed by atoms with Crippen molar-refractivity contribution in [3.05, 3.63) is 51.7 Å². The number of carbonyl (C=O) groups excluding carboxylic acids is 1. The van der Waals surface area contributed by atoms with Crippen molar-refractivity contribution in [2.45, 2.75) is 13.3 Å². The second kappa shape index (κ2) is 6.90. The van der Waals surface area contributed by atoms with E-state index in [2.05, 4.69) is 17.2 Å². The number of benzene rings is 1. The van der Waals surface area contributed by atoms with Crippen molar-refractivity contribution in [3.8, 4) is 11.8 Å². The molecule has 0 bridgehead atoms. The SMILES string of the molecule is Cc1ccc(NC(=O)Cc2ccsc2)cc1C#CCO. The predicted octanol–water partition coefficient (Wildman–Crippen LogP) is 2.58. The molecule has 2 aromatic rings. The molecule has 0 aliphatic carbocycles. The van der Waals surface area contributed by atoms with Gasteiger partial charge in [0, 0.05) is 11.3 Å². The molecule has 0 saturated heterocycles. The average Bonchev–Trinajstić information content (AvgIpc) is 2.92. The van der Waals surface area contributed by atoms with E-state index in [1.165, 1.54) is 0 Å². The summed E-state index contributed by atoms with van der Waals surface area (Å²) in [6, 6.07) is 7.52. The van der Waals surface area contributed by atoms with E-state index in [9.17, 15) is 4.79 Å². The number of anilines is 1. The zero-order chi connectivity index (χ0) is 14.4. The van der Waals surface area contributed by atoms with Gasteiger partial charge in [-0.15, -0.1) is 0 Å². The topological polar surface area (TPSA) is 49.3 Å². The molecule has 0 aliphatic rings. The second-order valence-electron chi connectivity index (χ2n) is 4.35. The van der Waals surface area contributed by atoms with Crippen LogP contribution in [-0.2, 0) is 11.2 Å². The van der Waals surface area contributed by atoms with E-state index in [4.69, 9.17) is 5.11 Å². The van der Waals surface area contributed by atoms with Crippen molar-refractivity contribution < 1.29 is 9.90 Å². The van der Waals surface area contributed by atoms with Gasteiger partial charge in [-0.05, 0) is 47.0 Å². The summed E-state index contributed by atoms with van der Waals surface area (Å²) in [6.45, 7) is 1.77. The van der Waals surface area contributed by atoms with Crippen LogP contribution in [0.1, 0.15) is 16.7 Å². The molecule has 0 radical (unpaired) electrons. The number of carbonyl (C=O) groups is 1. The fourth-order valence-corrected chi connectivity index (χ4v) is 2.42. The Morgan fingerprint density at radius 2 is 2.25 bits per heavy atom. The zero-order valence-corrected chi connectivity index (χ0v) is 12.0. The molecule has 0 unspecified atom stereocenters. The maximum atomic E-state index is 11.9. The van der Waals surface area contributed by atoms with Crippen LogP contribution in [0, 0.1) is 18.8 Å². The molecule has 2 rings (SSSR count). The van der Waals surface area contributed by atoms with E-state index in [-0.39, 0.29) is 12.5 Å². The van der Waals surface area contributed by atoms with E-state index < -0.39 is 0 Å². The summed E-state index contributed by atoms with van der Waals surface area (Å²) in [4.78, 5) is 11.9. The van der Waals surface area contributed by atoms with E-state index in [0.717, 1.165) is 22.4 Å². The fourth-order valence-electron chi connectivity index (χ4n) is 1.75. The molecular formula is C16H15NO2S. The first-order valence-corrected chi connectivity index (χ1v) is 7.14. The maximum Gasteiger partial charge on any atom is 0.228 e. The number of hydrogen-bond donors (Lipinski definition) is 2. The third kappa shape index (κ3) is 3.95. The number of amides is 1. The van der Waals surface area contributed by atoms with Crippen molar-refractivity contribution in [3.63, 3.8) is 0 Å². The predicted molar refractivity (Wildman–Crippen MR) is 81.8 cm³/mol. The van der Waals surface area contributed by atoms with Gasteiger partial charge >= 0.3 is 0 Å². The molecule has 102 valence electrons. The molecule has 0 saturated carbocycles. The van der Waals surface area contributed by atoms with Crippen LogP contribution in [0.5, 0.6) is 0 Å². The molecule has 1 amide bonds. The van der Waals surface area contributed by atoms with Gasteiger partial charge in [-0.25, -0.2) is 0 Å². The van der Waals surface area contributed by atoms with Gasteiger partial charge in [-0.3, -0.25) is 4.79 Å². The van der Waals surface area contributed by atoms with E-state index >= 15 is 0 Å². The van der Waals surface area contributed by atoms with Crippen molar-refractivity contribution in [1.82, 2.24) is 0 Å². The van der Waals surface area contributed by atoms with Crippen molar-refractivity contribution >= 4 is 22.9 Å². The largest absolute Gasteiger partial charge is 0.384 e. The zero-order valence-electron chi connectivity index (χ0n) is 11.1. The molecule has 0 fully saturated rings. The Bertz CT molecular complexity index is 651. The van der Waals surface area contributed by atoms with Crippen molar-refractivity contribution in [2.24, 2.45) is 0 Å². The van der Waals surface area contributed by atoms with Gasteiger partial charge in [-0.1, -0.05) is 17.9 Å². The number of rotatable bonds is 3. The average molecular weight is 285 g/mol. The minimum Gasteiger partial charge on any atom is -0.384 e. The lowest BCUT2D eigenvalue weighted by Crippen LogP contribution is -2.14. The van der Waals surface area contributed by atoms with Crippen molar-refractivity contribution in [2.75, 3.05) is 11.9 Å². The highest BCUT2D eigenvalue weighted by atomic mass is 32.1. The first kappa shape index (κ1) is 14.3. The number of thiophene rings is 1. The Morgan fingerprint density at radius 3 is 2.95 bits per heavy atom. The number of nitrogens with one attached hydrogen (secondary N) is 1. The number of hydrogen-bond acceptors (Lipinski definition) is 3. The molecule has 1 aromatic carbocycles. The smallest absolute Gasteiger partial charge is 0.228 e. The van der Waals surface area contributed by atoms with Gasteiger partial charge in [0.2, 0.25) is 5.91 Å². The van der Waals surface area contributed by atoms with E-state index in [1.54, 1.807) is 11.3 Å². The molecular weight excluding hydrogens is 270 g/mol. The number of aliphatic hydroxyl groups excluding tert-OH is 1. The highest BCUT2D eigenvalue weighted by Gasteiger charge is 2.05. The van der Waals surface area contributed by atoms with Gasteiger partial charge < -0.3 is 10.4 Å². The lowest BCUT2D eigenvalue weighted by Gasteiger charge is -2.06. The minimum atomic E-state index is -0.172. The quantitative estimate of drug-likeness (QED) is 0.852. The number of aliphatic hydroxyl groups is 1. The normalized spacial score (nSPS) is 9.70. The van der Waals surface area contributed by atoms with Gasteiger partial charge in [-0.2, -0.15) is 11.3 Å². The highest BCUT2D eigenvalue weighted by molar-refractivity contribution is 7.08. The number of aryl methyl sites for hydroxylation is 1. The molecule has 0 aliphatic heterocycles. The molecule has 20 heavy (non-hydrogen) atoms.